The number of fused-ring (bicyclic) bond motifs is 6. The molecule has 5 rings (SSSR count). The Morgan fingerprint density at radius 2 is 1.32 bits per heavy atom. The van der Waals surface area contributed by atoms with E-state index in [-0.39, 0.29) is 22.8 Å². The highest BCUT2D eigenvalue weighted by Crippen LogP contribution is 2.51. The molecule has 2 aliphatic heterocycles. The van der Waals surface area contributed by atoms with Crippen molar-refractivity contribution in [3.05, 3.63) is 81.0 Å². The van der Waals surface area contributed by atoms with Gasteiger partial charge in [-0.25, -0.2) is 9.59 Å². The van der Waals surface area contributed by atoms with E-state index in [0.29, 0.717) is 15.7 Å². The van der Waals surface area contributed by atoms with Gasteiger partial charge in [-0.2, -0.15) is 0 Å². The first-order valence-corrected chi connectivity index (χ1v) is 8.74. The van der Waals surface area contributed by atoms with Gasteiger partial charge < -0.3 is 10.6 Å². The highest BCUT2D eigenvalue weighted by atomic mass is 79.9. The van der Waals surface area contributed by atoms with Gasteiger partial charge in [0.2, 0.25) is 5.91 Å². The molecule has 0 radical (unpaired) electrons. The predicted molar refractivity (Wildman–Crippen MR) is 101 cm³/mol. The molecule has 0 saturated heterocycles. The predicted octanol–water partition coefficient (Wildman–Crippen LogP) is -0.454. The van der Waals surface area contributed by atoms with Crippen molar-refractivity contribution in [2.45, 2.75) is 5.41 Å². The molecule has 11 nitrogen and oxygen atoms in total. The van der Waals surface area contributed by atoms with E-state index < -0.39 is 33.8 Å². The van der Waals surface area contributed by atoms with Crippen LogP contribution >= 0.6 is 15.9 Å². The van der Waals surface area contributed by atoms with Crippen LogP contribution in [0.5, 0.6) is 0 Å². The van der Waals surface area contributed by atoms with Crippen LogP contribution in [-0.4, -0.2) is 25.8 Å². The molecule has 1 spiro atoms. The minimum absolute atomic E-state index is 0.0165. The first kappa shape index (κ1) is 16.5. The van der Waals surface area contributed by atoms with Gasteiger partial charge in [0, 0.05) is 15.7 Å². The Bertz CT molecular complexity index is 1450. The maximum absolute atomic E-state index is 13.3. The van der Waals surface area contributed by atoms with Crippen molar-refractivity contribution >= 4 is 39.2 Å². The molecule has 1 unspecified atom stereocenters. The van der Waals surface area contributed by atoms with Crippen LogP contribution in [0.3, 0.4) is 0 Å². The van der Waals surface area contributed by atoms with Gasteiger partial charge >= 0.3 is 11.4 Å². The molecule has 1 amide bonds. The summed E-state index contributed by atoms with van der Waals surface area (Å²) in [5.41, 5.74) is -4.73. The van der Waals surface area contributed by atoms with Crippen LogP contribution in [0.15, 0.2) is 41.8 Å². The molecular formula is C16H9BrN6O5. The van der Waals surface area contributed by atoms with Crippen molar-refractivity contribution in [2.75, 3.05) is 10.6 Å². The van der Waals surface area contributed by atoms with Crippen LogP contribution in [0.2, 0.25) is 0 Å². The quantitative estimate of drug-likeness (QED) is 0.273. The molecule has 3 aromatic rings. The maximum atomic E-state index is 13.3. The lowest BCUT2D eigenvalue weighted by atomic mass is 9.69. The van der Waals surface area contributed by atoms with E-state index in [1.807, 2.05) is 0 Å². The number of rotatable bonds is 0. The number of anilines is 3. The van der Waals surface area contributed by atoms with Crippen molar-refractivity contribution in [3.63, 3.8) is 0 Å². The number of hydrogen-bond donors (Lipinski definition) is 6. The van der Waals surface area contributed by atoms with Crippen LogP contribution in [0, 0.1) is 0 Å². The summed E-state index contributed by atoms with van der Waals surface area (Å²) >= 11 is 3.33. The molecule has 0 saturated carbocycles. The Morgan fingerprint density at radius 1 is 0.750 bits per heavy atom. The molecule has 0 aliphatic carbocycles. The third-order valence-corrected chi connectivity index (χ3v) is 5.35. The Morgan fingerprint density at radius 3 is 1.93 bits per heavy atom. The number of aromatic amines is 4. The van der Waals surface area contributed by atoms with E-state index in [1.54, 1.807) is 18.2 Å². The lowest BCUT2D eigenvalue weighted by Gasteiger charge is -2.34. The first-order chi connectivity index (χ1) is 13.3. The molecule has 28 heavy (non-hydrogen) atoms. The van der Waals surface area contributed by atoms with Crippen molar-refractivity contribution in [1.82, 2.24) is 19.9 Å². The van der Waals surface area contributed by atoms with E-state index in [0.717, 1.165) is 0 Å². The molecule has 2 aromatic heterocycles. The third-order valence-electron chi connectivity index (χ3n) is 4.86. The second kappa shape index (κ2) is 5.19. The molecular weight excluding hydrogens is 436 g/mol. The summed E-state index contributed by atoms with van der Waals surface area (Å²) in [5.74, 6) is -0.838. The zero-order valence-corrected chi connectivity index (χ0v) is 15.2. The zero-order valence-electron chi connectivity index (χ0n) is 13.7. The summed E-state index contributed by atoms with van der Waals surface area (Å²) in [7, 11) is 0. The van der Waals surface area contributed by atoms with E-state index in [4.69, 9.17) is 0 Å². The highest BCUT2D eigenvalue weighted by molar-refractivity contribution is 9.10. The molecule has 4 heterocycles. The molecule has 0 fully saturated rings. The van der Waals surface area contributed by atoms with Crippen LogP contribution < -0.4 is 33.1 Å². The number of amides is 1. The van der Waals surface area contributed by atoms with E-state index in [9.17, 15) is 24.0 Å². The smallest absolute Gasteiger partial charge is 0.327 e. The summed E-state index contributed by atoms with van der Waals surface area (Å²) in [6.45, 7) is 0. The summed E-state index contributed by atoms with van der Waals surface area (Å²) in [5, 5.41) is 5.40. The second-order valence-corrected chi connectivity index (χ2v) is 7.25. The summed E-state index contributed by atoms with van der Waals surface area (Å²) < 4.78 is 0.596. The summed E-state index contributed by atoms with van der Waals surface area (Å²) in [4.78, 5) is 71.3. The maximum Gasteiger partial charge on any atom is 0.327 e. The SMILES string of the molecule is O=C1Nc2[nH]c(=O)[nH]c(=O)c2C12c1cc(Br)ccc1Nc1[nH]c(=O)[nH]c(=O)c12. The molecule has 0 bridgehead atoms. The number of H-pyrrole nitrogens is 4. The molecule has 6 N–H and O–H groups in total. The molecule has 1 atom stereocenters. The Labute approximate surface area is 161 Å². The number of nitrogens with one attached hydrogen (secondary N) is 6. The number of aromatic nitrogens is 4. The van der Waals surface area contributed by atoms with E-state index in [2.05, 4.69) is 46.5 Å². The number of carbonyl (C=O) groups excluding carboxylic acids is 1. The van der Waals surface area contributed by atoms with Crippen LogP contribution in [0.4, 0.5) is 17.3 Å². The van der Waals surface area contributed by atoms with Crippen LogP contribution in [0.1, 0.15) is 16.7 Å². The van der Waals surface area contributed by atoms with Gasteiger partial charge in [-0.1, -0.05) is 15.9 Å². The normalized spacial score (nSPS) is 18.8. The van der Waals surface area contributed by atoms with Gasteiger partial charge in [0.25, 0.3) is 11.1 Å². The van der Waals surface area contributed by atoms with Gasteiger partial charge in [0.05, 0.1) is 11.1 Å². The standard InChI is InChI=1S/C16H9BrN6O5/c17-4-1-2-6-5(3-4)16(7-9(18-6)20-14(27)22-11(7)24)8-10(19-13(16)26)21-15(28)23-12(8)25/h1-3H,(H3,18,20,22,24,27)(H3,19,21,23,25,26,28). The van der Waals surface area contributed by atoms with Gasteiger partial charge in [-0.05, 0) is 18.2 Å². The number of carbonyl (C=O) groups is 1. The lowest BCUT2D eigenvalue weighted by Crippen LogP contribution is -2.48. The molecule has 2 aliphatic rings. The van der Waals surface area contributed by atoms with Gasteiger partial charge in [-0.15, -0.1) is 0 Å². The largest absolute Gasteiger partial charge is 0.341 e. The second-order valence-electron chi connectivity index (χ2n) is 6.34. The molecule has 12 heteroatoms. The summed E-state index contributed by atoms with van der Waals surface area (Å²) in [6, 6.07) is 4.92. The molecule has 140 valence electrons. The topological polar surface area (TPSA) is 173 Å². The monoisotopic (exact) mass is 444 g/mol. The highest BCUT2D eigenvalue weighted by Gasteiger charge is 2.58. The number of benzene rings is 1. The summed E-state index contributed by atoms with van der Waals surface area (Å²) in [6.07, 6.45) is 0. The van der Waals surface area contributed by atoms with Gasteiger partial charge in [0.1, 0.15) is 17.1 Å². The minimum atomic E-state index is -1.88. The average molecular weight is 445 g/mol. The van der Waals surface area contributed by atoms with Crippen molar-refractivity contribution in [1.29, 1.82) is 0 Å². The fourth-order valence-corrected chi connectivity index (χ4v) is 4.26. The zero-order chi connectivity index (χ0) is 19.8. The van der Waals surface area contributed by atoms with Crippen molar-refractivity contribution < 1.29 is 4.79 Å². The van der Waals surface area contributed by atoms with Crippen LogP contribution in [0.25, 0.3) is 0 Å². The van der Waals surface area contributed by atoms with Crippen molar-refractivity contribution in [2.24, 2.45) is 0 Å². The van der Waals surface area contributed by atoms with Gasteiger partial charge in [-0.3, -0.25) is 34.3 Å². The fraction of sp³-hybridized carbons (Fsp3) is 0.0625. The van der Waals surface area contributed by atoms with Gasteiger partial charge in [0.15, 0.2) is 0 Å². The molecule has 1 aromatic carbocycles. The minimum Gasteiger partial charge on any atom is -0.341 e. The third kappa shape index (κ3) is 1.89. The Balaban J connectivity index is 2.06. The average Bonchev–Trinajstić information content (AvgIpc) is 2.88. The Kier molecular flexibility index (Phi) is 3.06. The number of hydrogen-bond acceptors (Lipinski definition) is 6. The van der Waals surface area contributed by atoms with E-state index >= 15 is 0 Å². The van der Waals surface area contributed by atoms with E-state index in [1.165, 1.54) is 0 Å². The Hall–Kier alpha value is -3.67. The lowest BCUT2D eigenvalue weighted by molar-refractivity contribution is -0.118. The van der Waals surface area contributed by atoms with Crippen LogP contribution in [-0.2, 0) is 10.2 Å². The first-order valence-electron chi connectivity index (χ1n) is 7.95. The fourth-order valence-electron chi connectivity index (χ4n) is 3.90. The number of halogens is 1. The van der Waals surface area contributed by atoms with Crippen molar-refractivity contribution in [3.8, 4) is 0 Å².